The SMILES string of the molecule is COc1ccccc1CN1CCN(Cc2cc(-c3ssc(=S)c3-c3ccc(C)cc3)cc(CN3CCN(Cc4ccccc4OC)CC3)c2O)CC1. The molecule has 0 bridgehead atoms. The summed E-state index contributed by atoms with van der Waals surface area (Å²) in [5, 5.41) is 11.9. The quantitative estimate of drug-likeness (QED) is 0.101. The summed E-state index contributed by atoms with van der Waals surface area (Å²) in [4.78, 5) is 11.1. The van der Waals surface area contributed by atoms with Crippen LogP contribution in [0.4, 0.5) is 0 Å². The molecule has 0 amide bonds. The molecule has 7 nitrogen and oxygen atoms in total. The Balaban J connectivity index is 1.11. The van der Waals surface area contributed by atoms with Gasteiger partial charge in [-0.15, -0.1) is 0 Å². The van der Waals surface area contributed by atoms with Crippen LogP contribution in [0.1, 0.15) is 27.8 Å². The molecular weight excluding hydrogens is 705 g/mol. The number of aryl methyl sites for hydroxylation is 1. The standard InChI is InChI=1S/C42H48N4O3S3/c1-30-12-14-31(15-13-30)39-41(51-52-42(39)50)34-24-35(28-45-20-16-43(17-21-45)26-32-8-4-6-10-37(32)48-2)40(47)36(25-34)29-46-22-18-44(19-23-46)27-33-9-5-7-11-38(33)49-3/h4-15,24-25,47H,16-23,26-29H2,1-3H3. The van der Waals surface area contributed by atoms with Crippen LogP contribution >= 0.6 is 32.9 Å². The monoisotopic (exact) mass is 752 g/mol. The zero-order valence-electron chi connectivity index (χ0n) is 30.3. The van der Waals surface area contributed by atoms with Crippen molar-refractivity contribution in [2.75, 3.05) is 66.6 Å². The zero-order chi connectivity index (χ0) is 36.0. The van der Waals surface area contributed by atoms with Gasteiger partial charge in [0.2, 0.25) is 0 Å². The highest BCUT2D eigenvalue weighted by atomic mass is 32.9. The Morgan fingerprint density at radius 3 is 1.44 bits per heavy atom. The lowest BCUT2D eigenvalue weighted by Gasteiger charge is -2.36. The Hall–Kier alpha value is -3.61. The number of benzene rings is 4. The molecule has 2 saturated heterocycles. The lowest BCUT2D eigenvalue weighted by molar-refractivity contribution is 0.118. The number of aromatic hydroxyl groups is 1. The first-order valence-electron chi connectivity index (χ1n) is 18.1. The third-order valence-corrected chi connectivity index (χ3v) is 13.5. The van der Waals surface area contributed by atoms with Crippen molar-refractivity contribution in [1.82, 2.24) is 19.6 Å². The van der Waals surface area contributed by atoms with Gasteiger partial charge >= 0.3 is 0 Å². The number of para-hydroxylation sites is 2. The lowest BCUT2D eigenvalue weighted by Crippen LogP contribution is -2.45. The normalized spacial score (nSPS) is 16.3. The minimum Gasteiger partial charge on any atom is -0.507 e. The van der Waals surface area contributed by atoms with Crippen molar-refractivity contribution in [2.45, 2.75) is 33.1 Å². The van der Waals surface area contributed by atoms with E-state index in [2.05, 4.69) is 87.2 Å². The number of hydrogen-bond donors (Lipinski definition) is 1. The number of rotatable bonds is 12. The second-order valence-corrected chi connectivity index (χ2v) is 16.7. The van der Waals surface area contributed by atoms with Crippen LogP contribution in [0.15, 0.2) is 84.9 Å². The van der Waals surface area contributed by atoms with Gasteiger partial charge in [0.1, 0.15) is 21.1 Å². The van der Waals surface area contributed by atoms with Crippen LogP contribution in [0.3, 0.4) is 0 Å². The van der Waals surface area contributed by atoms with Crippen LogP contribution in [0.25, 0.3) is 21.6 Å². The van der Waals surface area contributed by atoms with E-state index in [0.717, 1.165) is 109 Å². The Kier molecular flexibility index (Phi) is 12.0. The highest BCUT2D eigenvalue weighted by Gasteiger charge is 2.24. The molecular formula is C42H48N4O3S3. The van der Waals surface area contributed by atoms with Crippen LogP contribution in [0.5, 0.6) is 17.2 Å². The number of nitrogens with zero attached hydrogens (tertiary/aromatic N) is 4. The Morgan fingerprint density at radius 2 is 1.00 bits per heavy atom. The van der Waals surface area contributed by atoms with E-state index in [1.807, 2.05) is 24.3 Å². The van der Waals surface area contributed by atoms with E-state index >= 15 is 0 Å². The number of ether oxygens (including phenoxy) is 2. The summed E-state index contributed by atoms with van der Waals surface area (Å²) in [5.74, 6) is 2.31. The van der Waals surface area contributed by atoms with Crippen molar-refractivity contribution in [1.29, 1.82) is 0 Å². The first-order chi connectivity index (χ1) is 25.4. The van der Waals surface area contributed by atoms with Crippen LogP contribution in [0, 0.1) is 10.7 Å². The topological polar surface area (TPSA) is 51.7 Å². The number of piperazine rings is 2. The Bertz CT molecular complexity index is 1920. The minimum absolute atomic E-state index is 0.423. The van der Waals surface area contributed by atoms with E-state index in [1.54, 1.807) is 34.9 Å². The fraction of sp³-hybridized carbons (Fsp3) is 0.357. The molecule has 4 aromatic carbocycles. The van der Waals surface area contributed by atoms with Gasteiger partial charge in [-0.25, -0.2) is 0 Å². The average molecular weight is 753 g/mol. The first-order valence-corrected chi connectivity index (χ1v) is 20.6. The van der Waals surface area contributed by atoms with Crippen molar-refractivity contribution in [2.24, 2.45) is 0 Å². The van der Waals surface area contributed by atoms with Crippen molar-refractivity contribution < 1.29 is 14.6 Å². The van der Waals surface area contributed by atoms with Gasteiger partial charge < -0.3 is 14.6 Å². The van der Waals surface area contributed by atoms with Gasteiger partial charge in [0.05, 0.1) is 19.1 Å². The summed E-state index contributed by atoms with van der Waals surface area (Å²) < 4.78 is 12.1. The van der Waals surface area contributed by atoms with E-state index in [0.29, 0.717) is 18.8 Å². The molecule has 52 heavy (non-hydrogen) atoms. The molecule has 0 spiro atoms. The minimum atomic E-state index is 0.423. The molecule has 0 unspecified atom stereocenters. The molecule has 0 radical (unpaired) electrons. The van der Waals surface area contributed by atoms with Crippen LogP contribution < -0.4 is 9.47 Å². The van der Waals surface area contributed by atoms with Crippen molar-refractivity contribution in [3.63, 3.8) is 0 Å². The van der Waals surface area contributed by atoms with Crippen molar-refractivity contribution in [3.05, 3.63) is 117 Å². The first kappa shape index (κ1) is 36.7. The maximum absolute atomic E-state index is 11.9. The highest BCUT2D eigenvalue weighted by Crippen LogP contribution is 2.43. The average Bonchev–Trinajstić information content (AvgIpc) is 3.56. The number of phenolic OH excluding ortho intramolecular Hbond substituents is 1. The Morgan fingerprint density at radius 1 is 0.577 bits per heavy atom. The molecule has 3 heterocycles. The van der Waals surface area contributed by atoms with Crippen molar-refractivity contribution >= 4 is 32.9 Å². The molecule has 7 rings (SSSR count). The summed E-state index contributed by atoms with van der Waals surface area (Å²) in [6, 6.07) is 29.7. The smallest absolute Gasteiger partial charge is 0.124 e. The number of hydrogen-bond acceptors (Lipinski definition) is 10. The van der Waals surface area contributed by atoms with Crippen LogP contribution in [0.2, 0.25) is 0 Å². The second kappa shape index (κ2) is 17.0. The van der Waals surface area contributed by atoms with Gasteiger partial charge in [0.25, 0.3) is 0 Å². The van der Waals surface area contributed by atoms with Crippen molar-refractivity contribution in [3.8, 4) is 38.8 Å². The molecule has 2 aliphatic rings. The predicted octanol–water partition coefficient (Wildman–Crippen LogP) is 8.54. The lowest BCUT2D eigenvalue weighted by atomic mass is 9.97. The summed E-state index contributed by atoms with van der Waals surface area (Å²) in [6.07, 6.45) is 0. The van der Waals surface area contributed by atoms with E-state index < -0.39 is 0 Å². The van der Waals surface area contributed by atoms with E-state index in [9.17, 15) is 5.11 Å². The fourth-order valence-corrected chi connectivity index (χ4v) is 10.3. The molecule has 2 fully saturated rings. The van der Waals surface area contributed by atoms with E-state index in [4.69, 9.17) is 21.7 Å². The summed E-state index contributed by atoms with van der Waals surface area (Å²) in [6.45, 7) is 12.9. The van der Waals surface area contributed by atoms with E-state index in [1.165, 1.54) is 21.6 Å². The molecule has 10 heteroatoms. The molecule has 5 aromatic rings. The Labute approximate surface area is 320 Å². The van der Waals surface area contributed by atoms with E-state index in [-0.39, 0.29) is 0 Å². The predicted molar refractivity (Wildman–Crippen MR) is 217 cm³/mol. The van der Waals surface area contributed by atoms with Gasteiger partial charge in [-0.3, -0.25) is 19.6 Å². The molecule has 0 aliphatic carbocycles. The van der Waals surface area contributed by atoms with Gasteiger partial charge in [0.15, 0.2) is 0 Å². The van der Waals surface area contributed by atoms with Gasteiger partial charge in [-0.2, -0.15) is 0 Å². The summed E-state index contributed by atoms with van der Waals surface area (Å²) in [7, 11) is 6.89. The fourth-order valence-electron chi connectivity index (χ4n) is 7.39. The van der Waals surface area contributed by atoms with Crippen LogP contribution in [-0.2, 0) is 26.2 Å². The maximum atomic E-state index is 11.9. The highest BCUT2D eigenvalue weighted by molar-refractivity contribution is 7.80. The number of methoxy groups -OCH3 is 2. The largest absolute Gasteiger partial charge is 0.507 e. The van der Waals surface area contributed by atoms with Crippen LogP contribution in [-0.4, -0.2) is 91.3 Å². The van der Waals surface area contributed by atoms with Gasteiger partial charge in [-0.1, -0.05) is 99.1 Å². The zero-order valence-corrected chi connectivity index (χ0v) is 32.8. The number of phenols is 1. The molecule has 2 aliphatic heterocycles. The molecule has 1 N–H and O–H groups in total. The molecule has 272 valence electrons. The third-order valence-electron chi connectivity index (χ3n) is 10.4. The van der Waals surface area contributed by atoms with Gasteiger partial charge in [-0.05, 0) is 42.3 Å². The molecule has 1 aromatic heterocycles. The summed E-state index contributed by atoms with van der Waals surface area (Å²) >= 11 is 5.93. The molecule has 0 saturated carbocycles. The van der Waals surface area contributed by atoms with Gasteiger partial charge in [0, 0.05) is 106 Å². The third kappa shape index (κ3) is 8.60. The second-order valence-electron chi connectivity index (χ2n) is 13.9. The summed E-state index contributed by atoms with van der Waals surface area (Å²) in [5.41, 5.74) is 9.06. The molecule has 0 atom stereocenters. The maximum Gasteiger partial charge on any atom is 0.124 e.